The standard InChI is InChI=1S/C12H10ClN3OS/c13-7-3-6-1-2-10(17)16-11(6)8(4-7)9-5-18-12(14)15-9/h3-5H,1-2H2,(H2,14,15)(H,16,17). The summed E-state index contributed by atoms with van der Waals surface area (Å²) < 4.78 is 0. The molecule has 3 rings (SSSR count). The Morgan fingerprint density at radius 1 is 1.39 bits per heavy atom. The van der Waals surface area contributed by atoms with Crippen LogP contribution in [-0.2, 0) is 11.2 Å². The fourth-order valence-electron chi connectivity index (χ4n) is 2.07. The minimum Gasteiger partial charge on any atom is -0.375 e. The van der Waals surface area contributed by atoms with E-state index in [4.69, 9.17) is 17.3 Å². The van der Waals surface area contributed by atoms with Crippen molar-refractivity contribution in [3.05, 3.63) is 28.1 Å². The fourth-order valence-corrected chi connectivity index (χ4v) is 2.88. The summed E-state index contributed by atoms with van der Waals surface area (Å²) in [5.74, 6) is 0.0225. The van der Waals surface area contributed by atoms with Crippen molar-refractivity contribution in [3.63, 3.8) is 0 Å². The number of fused-ring (bicyclic) bond motifs is 1. The van der Waals surface area contributed by atoms with Gasteiger partial charge in [-0.3, -0.25) is 4.79 Å². The molecule has 0 aliphatic carbocycles. The van der Waals surface area contributed by atoms with Crippen LogP contribution in [0.1, 0.15) is 12.0 Å². The Kier molecular flexibility index (Phi) is 2.72. The highest BCUT2D eigenvalue weighted by molar-refractivity contribution is 7.13. The second kappa shape index (κ2) is 4.26. The molecule has 1 aromatic heterocycles. The van der Waals surface area contributed by atoms with Crippen molar-refractivity contribution in [1.82, 2.24) is 4.98 Å². The van der Waals surface area contributed by atoms with Crippen molar-refractivity contribution in [3.8, 4) is 11.3 Å². The number of rotatable bonds is 1. The first-order valence-electron chi connectivity index (χ1n) is 5.47. The highest BCUT2D eigenvalue weighted by atomic mass is 35.5. The van der Waals surface area contributed by atoms with Crippen molar-refractivity contribution in [2.75, 3.05) is 11.1 Å². The summed E-state index contributed by atoms with van der Waals surface area (Å²) in [4.78, 5) is 15.8. The first-order valence-corrected chi connectivity index (χ1v) is 6.73. The van der Waals surface area contributed by atoms with E-state index in [1.165, 1.54) is 11.3 Å². The van der Waals surface area contributed by atoms with Gasteiger partial charge in [0.05, 0.1) is 11.4 Å². The Hall–Kier alpha value is -1.59. The van der Waals surface area contributed by atoms with Crippen LogP contribution in [0.4, 0.5) is 10.8 Å². The zero-order valence-corrected chi connectivity index (χ0v) is 10.9. The molecule has 0 spiro atoms. The van der Waals surface area contributed by atoms with Crippen molar-refractivity contribution < 1.29 is 4.79 Å². The lowest BCUT2D eigenvalue weighted by atomic mass is 9.98. The van der Waals surface area contributed by atoms with Gasteiger partial charge in [0.15, 0.2) is 5.13 Å². The SMILES string of the molecule is Nc1nc(-c2cc(Cl)cc3c2NC(=O)CC3)cs1. The third kappa shape index (κ3) is 1.95. The largest absolute Gasteiger partial charge is 0.375 e. The Balaban J connectivity index is 2.19. The number of nitrogens with zero attached hydrogens (tertiary/aromatic N) is 1. The second-order valence-electron chi connectivity index (χ2n) is 4.11. The molecule has 0 fully saturated rings. The Bertz CT molecular complexity index is 638. The molecule has 0 radical (unpaired) electrons. The molecule has 4 nitrogen and oxygen atoms in total. The highest BCUT2D eigenvalue weighted by Crippen LogP contribution is 2.37. The molecule has 92 valence electrons. The fraction of sp³-hybridized carbons (Fsp3) is 0.167. The zero-order chi connectivity index (χ0) is 12.7. The van der Waals surface area contributed by atoms with Crippen LogP contribution in [-0.4, -0.2) is 10.9 Å². The van der Waals surface area contributed by atoms with Crippen LogP contribution in [0.25, 0.3) is 11.3 Å². The summed E-state index contributed by atoms with van der Waals surface area (Å²) in [7, 11) is 0. The molecule has 0 atom stereocenters. The summed E-state index contributed by atoms with van der Waals surface area (Å²) in [6.07, 6.45) is 1.19. The summed E-state index contributed by atoms with van der Waals surface area (Å²) in [5, 5.41) is 5.90. The number of aryl methyl sites for hydroxylation is 1. The number of amides is 1. The van der Waals surface area contributed by atoms with E-state index in [-0.39, 0.29) is 5.91 Å². The number of halogens is 1. The van der Waals surface area contributed by atoms with Crippen molar-refractivity contribution in [2.45, 2.75) is 12.8 Å². The van der Waals surface area contributed by atoms with Crippen LogP contribution in [0.15, 0.2) is 17.5 Å². The van der Waals surface area contributed by atoms with Gasteiger partial charge < -0.3 is 11.1 Å². The van der Waals surface area contributed by atoms with Gasteiger partial charge in [0.2, 0.25) is 5.91 Å². The van der Waals surface area contributed by atoms with Gasteiger partial charge in [0.25, 0.3) is 0 Å². The molecule has 0 bridgehead atoms. The number of hydrogen-bond acceptors (Lipinski definition) is 4. The predicted octanol–water partition coefficient (Wildman–Crippen LogP) is 2.93. The van der Waals surface area contributed by atoms with Crippen LogP contribution < -0.4 is 11.1 Å². The van der Waals surface area contributed by atoms with Crippen molar-refractivity contribution in [2.24, 2.45) is 0 Å². The molecule has 2 heterocycles. The number of thiazole rings is 1. The smallest absolute Gasteiger partial charge is 0.224 e. The summed E-state index contributed by atoms with van der Waals surface area (Å²) >= 11 is 7.47. The number of anilines is 2. The van der Waals surface area contributed by atoms with Gasteiger partial charge >= 0.3 is 0 Å². The van der Waals surface area contributed by atoms with E-state index in [9.17, 15) is 4.79 Å². The third-order valence-electron chi connectivity index (χ3n) is 2.87. The molecule has 3 N–H and O–H groups in total. The molecule has 1 aliphatic rings. The lowest BCUT2D eigenvalue weighted by molar-refractivity contribution is -0.116. The number of benzene rings is 1. The first-order chi connectivity index (χ1) is 8.63. The Labute approximate surface area is 113 Å². The highest BCUT2D eigenvalue weighted by Gasteiger charge is 2.20. The predicted molar refractivity (Wildman–Crippen MR) is 73.9 cm³/mol. The van der Waals surface area contributed by atoms with Gasteiger partial charge in [-0.15, -0.1) is 11.3 Å². The number of nitrogen functional groups attached to an aromatic ring is 1. The van der Waals surface area contributed by atoms with Crippen LogP contribution in [0, 0.1) is 0 Å². The van der Waals surface area contributed by atoms with Crippen LogP contribution in [0.3, 0.4) is 0 Å². The maximum atomic E-state index is 11.5. The third-order valence-corrected chi connectivity index (χ3v) is 3.76. The van der Waals surface area contributed by atoms with Crippen molar-refractivity contribution in [1.29, 1.82) is 0 Å². The average Bonchev–Trinajstić information content (AvgIpc) is 2.75. The first kappa shape index (κ1) is 11.5. The molecule has 0 unspecified atom stereocenters. The van der Waals surface area contributed by atoms with E-state index in [1.54, 1.807) is 6.07 Å². The number of carbonyl (C=O) groups excluding carboxylic acids is 1. The quantitative estimate of drug-likeness (QED) is 0.843. The normalized spacial score (nSPS) is 14.2. The van der Waals surface area contributed by atoms with Crippen LogP contribution >= 0.6 is 22.9 Å². The maximum Gasteiger partial charge on any atom is 0.224 e. The average molecular weight is 280 g/mol. The topological polar surface area (TPSA) is 68.0 Å². The summed E-state index contributed by atoms with van der Waals surface area (Å²) in [5.41, 5.74) is 9.08. The van der Waals surface area contributed by atoms with E-state index in [1.807, 2.05) is 11.4 Å². The molecule has 0 saturated carbocycles. The van der Waals surface area contributed by atoms with Gasteiger partial charge in [-0.1, -0.05) is 11.6 Å². The number of aromatic nitrogens is 1. The maximum absolute atomic E-state index is 11.5. The monoisotopic (exact) mass is 279 g/mol. The molecular formula is C12H10ClN3OS. The minimum absolute atomic E-state index is 0.0225. The number of hydrogen-bond donors (Lipinski definition) is 2. The van der Waals surface area contributed by atoms with E-state index in [0.717, 1.165) is 22.5 Å². The van der Waals surface area contributed by atoms with Gasteiger partial charge in [-0.25, -0.2) is 4.98 Å². The number of nitrogens with one attached hydrogen (secondary N) is 1. The molecule has 18 heavy (non-hydrogen) atoms. The zero-order valence-electron chi connectivity index (χ0n) is 9.37. The molecule has 1 aliphatic heterocycles. The van der Waals surface area contributed by atoms with Crippen molar-refractivity contribution >= 4 is 39.7 Å². The molecule has 1 amide bonds. The van der Waals surface area contributed by atoms with Crippen LogP contribution in [0.2, 0.25) is 5.02 Å². The lowest BCUT2D eigenvalue weighted by Crippen LogP contribution is -2.19. The van der Waals surface area contributed by atoms with E-state index < -0.39 is 0 Å². The van der Waals surface area contributed by atoms with E-state index >= 15 is 0 Å². The van der Waals surface area contributed by atoms with Crippen LogP contribution in [0.5, 0.6) is 0 Å². The molecular weight excluding hydrogens is 270 g/mol. The molecule has 0 saturated heterocycles. The van der Waals surface area contributed by atoms with Gasteiger partial charge in [-0.2, -0.15) is 0 Å². The summed E-state index contributed by atoms with van der Waals surface area (Å²) in [6, 6.07) is 3.69. The Morgan fingerprint density at radius 3 is 2.94 bits per heavy atom. The van der Waals surface area contributed by atoms with Gasteiger partial charge in [-0.05, 0) is 24.1 Å². The van der Waals surface area contributed by atoms with E-state index in [0.29, 0.717) is 23.0 Å². The van der Waals surface area contributed by atoms with E-state index in [2.05, 4.69) is 10.3 Å². The molecule has 6 heteroatoms. The number of nitrogens with two attached hydrogens (primary N) is 1. The lowest BCUT2D eigenvalue weighted by Gasteiger charge is -2.20. The second-order valence-corrected chi connectivity index (χ2v) is 5.43. The minimum atomic E-state index is 0.0225. The van der Waals surface area contributed by atoms with Gasteiger partial charge in [0, 0.05) is 22.4 Å². The molecule has 1 aromatic carbocycles. The molecule has 2 aromatic rings. The Morgan fingerprint density at radius 2 is 2.22 bits per heavy atom. The number of carbonyl (C=O) groups is 1. The summed E-state index contributed by atoms with van der Waals surface area (Å²) in [6.45, 7) is 0. The van der Waals surface area contributed by atoms with Gasteiger partial charge in [0.1, 0.15) is 0 Å².